The van der Waals surface area contributed by atoms with Gasteiger partial charge in [0.15, 0.2) is 0 Å². The van der Waals surface area contributed by atoms with Crippen molar-refractivity contribution < 1.29 is 4.42 Å². The Kier molecular flexibility index (Phi) is 4.47. The van der Waals surface area contributed by atoms with E-state index in [4.69, 9.17) is 4.42 Å². The summed E-state index contributed by atoms with van der Waals surface area (Å²) in [7, 11) is 0. The van der Waals surface area contributed by atoms with Crippen molar-refractivity contribution in [2.24, 2.45) is 0 Å². The molecule has 1 aromatic rings. The van der Waals surface area contributed by atoms with Crippen molar-refractivity contribution in [3.05, 3.63) is 24.2 Å². The lowest BCUT2D eigenvalue weighted by Gasteiger charge is -2.42. The molecule has 2 aliphatic rings. The van der Waals surface area contributed by atoms with E-state index in [2.05, 4.69) is 30.1 Å². The van der Waals surface area contributed by atoms with Gasteiger partial charge < -0.3 is 9.73 Å². The van der Waals surface area contributed by atoms with Gasteiger partial charge in [-0.15, -0.1) is 0 Å². The lowest BCUT2D eigenvalue weighted by atomic mass is 9.94. The largest absolute Gasteiger partial charge is 0.469 e. The number of aryl methyl sites for hydroxylation is 1. The summed E-state index contributed by atoms with van der Waals surface area (Å²) in [6, 6.07) is 7.14. The molecule has 0 aliphatic carbocycles. The fourth-order valence-electron chi connectivity index (χ4n) is 4.34. The summed E-state index contributed by atoms with van der Waals surface area (Å²) >= 11 is 0. The third-order valence-corrected chi connectivity index (χ3v) is 5.18. The molecule has 3 heterocycles. The van der Waals surface area contributed by atoms with Gasteiger partial charge in [0, 0.05) is 30.6 Å². The fourth-order valence-corrected chi connectivity index (χ4v) is 4.34. The molecule has 0 amide bonds. The maximum atomic E-state index is 5.46. The van der Waals surface area contributed by atoms with Crippen molar-refractivity contribution in [1.82, 2.24) is 10.2 Å². The van der Waals surface area contributed by atoms with E-state index in [1.54, 1.807) is 6.26 Å². The van der Waals surface area contributed by atoms with Crippen molar-refractivity contribution >= 4 is 0 Å². The molecule has 2 fully saturated rings. The summed E-state index contributed by atoms with van der Waals surface area (Å²) in [5.41, 5.74) is 0. The highest BCUT2D eigenvalue weighted by molar-refractivity contribution is 5.02. The maximum Gasteiger partial charge on any atom is 0.103 e. The first-order chi connectivity index (χ1) is 9.78. The predicted octanol–water partition coefficient (Wildman–Crippen LogP) is 3.21. The minimum Gasteiger partial charge on any atom is -0.469 e. The topological polar surface area (TPSA) is 28.4 Å². The highest BCUT2D eigenvalue weighted by Crippen LogP contribution is 2.38. The van der Waals surface area contributed by atoms with Gasteiger partial charge in [-0.05, 0) is 57.7 Å². The quantitative estimate of drug-likeness (QED) is 0.865. The van der Waals surface area contributed by atoms with Gasteiger partial charge in [-0.3, -0.25) is 4.90 Å². The van der Waals surface area contributed by atoms with Crippen LogP contribution in [0.25, 0.3) is 0 Å². The van der Waals surface area contributed by atoms with Crippen LogP contribution in [-0.2, 0) is 6.42 Å². The molecule has 0 aromatic carbocycles. The highest BCUT2D eigenvalue weighted by Gasteiger charge is 2.42. The Morgan fingerprint density at radius 3 is 2.70 bits per heavy atom. The van der Waals surface area contributed by atoms with E-state index in [9.17, 15) is 0 Å². The number of nitrogens with one attached hydrogen (secondary N) is 1. The van der Waals surface area contributed by atoms with Crippen LogP contribution in [0.1, 0.15) is 51.7 Å². The highest BCUT2D eigenvalue weighted by atomic mass is 16.3. The molecule has 2 saturated heterocycles. The third kappa shape index (κ3) is 2.94. The first kappa shape index (κ1) is 14.2. The molecule has 0 saturated carbocycles. The summed E-state index contributed by atoms with van der Waals surface area (Å²) in [6.07, 6.45) is 9.55. The second-order valence-electron chi connectivity index (χ2n) is 6.53. The smallest absolute Gasteiger partial charge is 0.103 e. The molecule has 112 valence electrons. The lowest BCUT2D eigenvalue weighted by Crippen LogP contribution is -2.52. The Balaban J connectivity index is 1.55. The minimum atomic E-state index is 0.681. The molecule has 2 aliphatic heterocycles. The van der Waals surface area contributed by atoms with E-state index < -0.39 is 0 Å². The zero-order chi connectivity index (χ0) is 13.9. The van der Waals surface area contributed by atoms with Gasteiger partial charge in [0.1, 0.15) is 5.76 Å². The number of hydrogen-bond acceptors (Lipinski definition) is 3. The molecule has 3 heteroatoms. The number of piperidine rings is 1. The molecule has 0 radical (unpaired) electrons. The number of rotatable bonds is 6. The molecular weight excluding hydrogens is 248 g/mol. The van der Waals surface area contributed by atoms with Crippen LogP contribution in [0.5, 0.6) is 0 Å². The molecule has 3 rings (SSSR count). The SMILES string of the molecule is CCNC1CC2CCC(C1)N2C(C)CCc1ccco1. The Bertz CT molecular complexity index is 389. The van der Waals surface area contributed by atoms with E-state index in [-0.39, 0.29) is 0 Å². The lowest BCUT2D eigenvalue weighted by molar-refractivity contribution is 0.0733. The van der Waals surface area contributed by atoms with Crippen LogP contribution in [-0.4, -0.2) is 35.6 Å². The van der Waals surface area contributed by atoms with Crippen molar-refractivity contribution in [2.75, 3.05) is 6.54 Å². The van der Waals surface area contributed by atoms with Gasteiger partial charge >= 0.3 is 0 Å². The zero-order valence-corrected chi connectivity index (χ0v) is 12.8. The van der Waals surface area contributed by atoms with Crippen LogP contribution in [0.15, 0.2) is 22.8 Å². The number of nitrogens with zero attached hydrogens (tertiary/aromatic N) is 1. The molecule has 20 heavy (non-hydrogen) atoms. The van der Waals surface area contributed by atoms with Gasteiger partial charge in [-0.25, -0.2) is 0 Å². The van der Waals surface area contributed by atoms with Crippen LogP contribution in [0.4, 0.5) is 0 Å². The monoisotopic (exact) mass is 276 g/mol. The first-order valence-electron chi connectivity index (χ1n) is 8.31. The predicted molar refractivity (Wildman–Crippen MR) is 81.8 cm³/mol. The van der Waals surface area contributed by atoms with E-state index in [0.717, 1.165) is 36.9 Å². The van der Waals surface area contributed by atoms with Gasteiger partial charge in [0.2, 0.25) is 0 Å². The fraction of sp³-hybridized carbons (Fsp3) is 0.765. The van der Waals surface area contributed by atoms with Gasteiger partial charge in [-0.1, -0.05) is 6.92 Å². The summed E-state index contributed by atoms with van der Waals surface area (Å²) in [4.78, 5) is 2.82. The molecule has 1 aromatic heterocycles. The summed E-state index contributed by atoms with van der Waals surface area (Å²) < 4.78 is 5.46. The molecule has 2 bridgehead atoms. The number of fused-ring (bicyclic) bond motifs is 2. The van der Waals surface area contributed by atoms with E-state index in [1.165, 1.54) is 32.1 Å². The van der Waals surface area contributed by atoms with E-state index >= 15 is 0 Å². The van der Waals surface area contributed by atoms with Crippen molar-refractivity contribution in [1.29, 1.82) is 0 Å². The Hall–Kier alpha value is -0.800. The van der Waals surface area contributed by atoms with E-state index in [1.807, 2.05) is 6.07 Å². The van der Waals surface area contributed by atoms with Crippen LogP contribution < -0.4 is 5.32 Å². The molecule has 1 N–H and O–H groups in total. The maximum absolute atomic E-state index is 5.46. The van der Waals surface area contributed by atoms with Crippen LogP contribution in [0.3, 0.4) is 0 Å². The van der Waals surface area contributed by atoms with Crippen LogP contribution in [0.2, 0.25) is 0 Å². The number of furan rings is 1. The molecular formula is C17H28N2O. The third-order valence-electron chi connectivity index (χ3n) is 5.18. The molecule has 3 unspecified atom stereocenters. The second-order valence-corrected chi connectivity index (χ2v) is 6.53. The normalized spacial score (nSPS) is 31.6. The standard InChI is InChI=1S/C17H28N2O/c1-3-18-14-11-15-7-8-16(12-14)19(15)13(2)6-9-17-5-4-10-20-17/h4-5,10,13-16,18H,3,6-9,11-12H2,1-2H3. The van der Waals surface area contributed by atoms with Crippen molar-refractivity contribution in [3.8, 4) is 0 Å². The Morgan fingerprint density at radius 2 is 2.10 bits per heavy atom. The van der Waals surface area contributed by atoms with E-state index in [0.29, 0.717) is 6.04 Å². The van der Waals surface area contributed by atoms with Crippen molar-refractivity contribution in [2.45, 2.75) is 76.5 Å². The zero-order valence-electron chi connectivity index (χ0n) is 12.8. The molecule has 3 atom stereocenters. The average Bonchev–Trinajstić information content (AvgIpc) is 3.04. The second kappa shape index (κ2) is 6.31. The summed E-state index contributed by atoms with van der Waals surface area (Å²) in [6.45, 7) is 5.74. The molecule has 0 spiro atoms. The van der Waals surface area contributed by atoms with Gasteiger partial charge in [0.25, 0.3) is 0 Å². The van der Waals surface area contributed by atoms with Crippen LogP contribution >= 0.6 is 0 Å². The first-order valence-corrected chi connectivity index (χ1v) is 8.31. The van der Waals surface area contributed by atoms with Gasteiger partial charge in [0.05, 0.1) is 6.26 Å². The Labute approximate surface area is 122 Å². The van der Waals surface area contributed by atoms with Gasteiger partial charge in [-0.2, -0.15) is 0 Å². The van der Waals surface area contributed by atoms with Crippen LogP contribution in [0, 0.1) is 0 Å². The Morgan fingerprint density at radius 1 is 1.35 bits per heavy atom. The minimum absolute atomic E-state index is 0.681. The summed E-state index contributed by atoms with van der Waals surface area (Å²) in [5, 5.41) is 3.66. The average molecular weight is 276 g/mol. The summed E-state index contributed by atoms with van der Waals surface area (Å²) in [5.74, 6) is 1.13. The van der Waals surface area contributed by atoms with Crippen molar-refractivity contribution in [3.63, 3.8) is 0 Å². The molecule has 3 nitrogen and oxygen atoms in total. The number of hydrogen-bond donors (Lipinski definition) is 1.